The molecule has 2 aromatic heterocycles. The van der Waals surface area contributed by atoms with Crippen LogP contribution in [0, 0.1) is 17.1 Å². The molecule has 0 aliphatic carbocycles. The second-order valence-electron chi connectivity index (χ2n) is 9.31. The van der Waals surface area contributed by atoms with Crippen LogP contribution in [-0.2, 0) is 19.8 Å². The molecule has 4 rings (SSSR count). The first-order valence-corrected chi connectivity index (χ1v) is 11.8. The summed E-state index contributed by atoms with van der Waals surface area (Å²) in [6, 6.07) is 5.54. The minimum absolute atomic E-state index is 0.0363. The Bertz CT molecular complexity index is 1370. The number of nitrogens with zero attached hydrogens (tertiary/aromatic N) is 6. The smallest absolute Gasteiger partial charge is 0.364 e. The van der Waals surface area contributed by atoms with Crippen molar-refractivity contribution in [2.75, 3.05) is 18.0 Å². The minimum atomic E-state index is -4.67. The molecular formula is C25H28F4N6O. The molecule has 1 saturated heterocycles. The number of fused-ring (bicyclic) bond motifs is 1. The number of anilines is 1. The maximum absolute atomic E-state index is 13.7. The Hall–Kier alpha value is -3.39. The van der Waals surface area contributed by atoms with Crippen LogP contribution in [-0.4, -0.2) is 44.4 Å². The van der Waals surface area contributed by atoms with E-state index in [4.69, 9.17) is 5.26 Å². The third-order valence-electron chi connectivity index (χ3n) is 7.10. The third kappa shape index (κ3) is 4.57. The first kappa shape index (κ1) is 25.7. The van der Waals surface area contributed by atoms with Gasteiger partial charge >= 0.3 is 6.18 Å². The van der Waals surface area contributed by atoms with Crippen LogP contribution < -0.4 is 10.5 Å². The highest BCUT2D eigenvalue weighted by Crippen LogP contribution is 2.39. The molecule has 7 nitrogen and oxygen atoms in total. The summed E-state index contributed by atoms with van der Waals surface area (Å²) in [7, 11) is 1.64. The summed E-state index contributed by atoms with van der Waals surface area (Å²) in [5, 5.41) is 13.6. The SMILES string of the molecule is CC[C@@H]1CN(c2cc(=O)n(C)c3cn(CC#N)nc23)[C@@H](C)CN1[C@H](C)c1ccc(F)cc1C(F)(F)F. The molecule has 192 valence electrons. The van der Waals surface area contributed by atoms with Crippen LogP contribution >= 0.6 is 0 Å². The largest absolute Gasteiger partial charge is 0.416 e. The molecule has 3 atom stereocenters. The average molecular weight is 505 g/mol. The summed E-state index contributed by atoms with van der Waals surface area (Å²) in [4.78, 5) is 16.8. The van der Waals surface area contributed by atoms with Gasteiger partial charge in [-0.2, -0.15) is 23.5 Å². The van der Waals surface area contributed by atoms with Gasteiger partial charge in [0.05, 0.1) is 29.0 Å². The molecule has 0 bridgehead atoms. The number of hydrogen-bond acceptors (Lipinski definition) is 5. The van der Waals surface area contributed by atoms with E-state index in [0.717, 1.165) is 6.07 Å². The van der Waals surface area contributed by atoms with Crippen molar-refractivity contribution in [1.82, 2.24) is 19.2 Å². The van der Waals surface area contributed by atoms with Gasteiger partial charge in [0.25, 0.3) is 5.56 Å². The van der Waals surface area contributed by atoms with Gasteiger partial charge in [-0.15, -0.1) is 0 Å². The molecule has 1 aliphatic heterocycles. The Balaban J connectivity index is 1.71. The van der Waals surface area contributed by atoms with E-state index in [2.05, 4.69) is 10.00 Å². The summed E-state index contributed by atoms with van der Waals surface area (Å²) in [6.45, 7) is 6.58. The summed E-state index contributed by atoms with van der Waals surface area (Å²) < 4.78 is 57.8. The fraction of sp³-hybridized carbons (Fsp3) is 0.480. The van der Waals surface area contributed by atoms with Crippen LogP contribution in [0.25, 0.3) is 11.0 Å². The van der Waals surface area contributed by atoms with Crippen molar-refractivity contribution in [3.63, 3.8) is 0 Å². The van der Waals surface area contributed by atoms with Gasteiger partial charge in [-0.3, -0.25) is 14.4 Å². The molecule has 3 aromatic rings. The predicted molar refractivity (Wildman–Crippen MR) is 128 cm³/mol. The molecule has 1 fully saturated rings. The minimum Gasteiger partial charge on any atom is -0.364 e. The number of halogens is 4. The van der Waals surface area contributed by atoms with Crippen LogP contribution in [0.3, 0.4) is 0 Å². The summed E-state index contributed by atoms with van der Waals surface area (Å²) in [6.07, 6.45) is -2.34. The zero-order valence-electron chi connectivity index (χ0n) is 20.6. The van der Waals surface area contributed by atoms with E-state index in [1.165, 1.54) is 21.4 Å². The number of alkyl halides is 3. The highest BCUT2D eigenvalue weighted by atomic mass is 19.4. The molecule has 36 heavy (non-hydrogen) atoms. The van der Waals surface area contributed by atoms with Crippen molar-refractivity contribution < 1.29 is 17.6 Å². The van der Waals surface area contributed by atoms with Crippen LogP contribution in [0.1, 0.15) is 44.4 Å². The van der Waals surface area contributed by atoms with Gasteiger partial charge in [-0.25, -0.2) is 4.39 Å². The zero-order chi connectivity index (χ0) is 26.4. The Morgan fingerprint density at radius 3 is 2.61 bits per heavy atom. The third-order valence-corrected chi connectivity index (χ3v) is 7.10. The lowest BCUT2D eigenvalue weighted by molar-refractivity contribution is -0.139. The van der Waals surface area contributed by atoms with Crippen molar-refractivity contribution in [2.24, 2.45) is 7.05 Å². The van der Waals surface area contributed by atoms with Gasteiger partial charge in [-0.1, -0.05) is 13.0 Å². The second kappa shape index (κ2) is 9.58. The van der Waals surface area contributed by atoms with E-state index < -0.39 is 23.6 Å². The lowest BCUT2D eigenvalue weighted by Gasteiger charge is -2.49. The van der Waals surface area contributed by atoms with Gasteiger partial charge in [-0.05, 0) is 38.0 Å². The van der Waals surface area contributed by atoms with Crippen LogP contribution in [0.15, 0.2) is 35.3 Å². The molecule has 0 N–H and O–H groups in total. The molecule has 0 saturated carbocycles. The monoisotopic (exact) mass is 504 g/mol. The molecule has 1 aliphatic rings. The molecular weight excluding hydrogens is 476 g/mol. The molecule has 0 unspecified atom stereocenters. The Morgan fingerprint density at radius 1 is 1.25 bits per heavy atom. The zero-order valence-corrected chi connectivity index (χ0v) is 20.6. The van der Waals surface area contributed by atoms with Gasteiger partial charge in [0.1, 0.15) is 17.9 Å². The second-order valence-corrected chi connectivity index (χ2v) is 9.31. The Morgan fingerprint density at radius 2 is 1.97 bits per heavy atom. The van der Waals surface area contributed by atoms with Gasteiger partial charge in [0.15, 0.2) is 0 Å². The predicted octanol–water partition coefficient (Wildman–Crippen LogP) is 4.47. The lowest BCUT2D eigenvalue weighted by atomic mass is 9.95. The van der Waals surface area contributed by atoms with E-state index in [9.17, 15) is 22.4 Å². The van der Waals surface area contributed by atoms with E-state index in [0.29, 0.717) is 42.3 Å². The topological polar surface area (TPSA) is 70.1 Å². The van der Waals surface area contributed by atoms with E-state index in [1.54, 1.807) is 20.2 Å². The van der Waals surface area contributed by atoms with E-state index in [-0.39, 0.29) is 29.8 Å². The standard InChI is InChI=1S/C25H28F4N6O/c1-5-18-13-34(21-11-23(36)32(4)22-14-33(9-8-30)31-24(21)22)15(2)12-35(18)16(3)19-7-6-17(26)10-20(19)25(27,28)29/h6-7,10-11,14-16,18H,5,9,12-13H2,1-4H3/t15-,16+,18+/m0/s1. The molecule has 0 radical (unpaired) electrons. The first-order valence-electron chi connectivity index (χ1n) is 11.8. The molecule has 0 spiro atoms. The number of aryl methyl sites for hydroxylation is 1. The van der Waals surface area contributed by atoms with Crippen LogP contribution in [0.4, 0.5) is 23.2 Å². The fourth-order valence-corrected chi connectivity index (χ4v) is 5.17. The number of aromatic nitrogens is 3. The van der Waals surface area contributed by atoms with E-state index in [1.807, 2.05) is 24.8 Å². The van der Waals surface area contributed by atoms with Crippen molar-refractivity contribution in [3.05, 3.63) is 57.8 Å². The molecule has 0 amide bonds. The maximum Gasteiger partial charge on any atom is 0.416 e. The van der Waals surface area contributed by atoms with Crippen molar-refractivity contribution >= 4 is 16.7 Å². The normalized spacial score (nSPS) is 20.0. The number of rotatable bonds is 5. The molecule has 3 heterocycles. The number of piperazine rings is 1. The van der Waals surface area contributed by atoms with Crippen LogP contribution in [0.5, 0.6) is 0 Å². The number of benzene rings is 1. The van der Waals surface area contributed by atoms with Crippen molar-refractivity contribution in [1.29, 1.82) is 5.26 Å². The highest BCUT2D eigenvalue weighted by molar-refractivity contribution is 5.88. The summed E-state index contributed by atoms with van der Waals surface area (Å²) >= 11 is 0. The van der Waals surface area contributed by atoms with Gasteiger partial charge in [0.2, 0.25) is 0 Å². The maximum atomic E-state index is 13.7. The van der Waals surface area contributed by atoms with Gasteiger partial charge in [0, 0.05) is 44.3 Å². The van der Waals surface area contributed by atoms with Crippen molar-refractivity contribution in [3.8, 4) is 6.07 Å². The Labute approximate surface area is 206 Å². The van der Waals surface area contributed by atoms with Gasteiger partial charge < -0.3 is 9.47 Å². The first-order chi connectivity index (χ1) is 17.0. The highest BCUT2D eigenvalue weighted by Gasteiger charge is 2.40. The lowest BCUT2D eigenvalue weighted by Crippen LogP contribution is -2.58. The number of nitriles is 1. The number of hydrogen-bond donors (Lipinski definition) is 0. The molecule has 1 aromatic carbocycles. The molecule has 11 heteroatoms. The average Bonchev–Trinajstić information content (AvgIpc) is 3.25. The van der Waals surface area contributed by atoms with E-state index >= 15 is 0 Å². The summed E-state index contributed by atoms with van der Waals surface area (Å²) in [5.74, 6) is -0.922. The summed E-state index contributed by atoms with van der Waals surface area (Å²) in [5.41, 5.74) is 0.691. The Kier molecular flexibility index (Phi) is 6.84. The van der Waals surface area contributed by atoms with Crippen LogP contribution in [0.2, 0.25) is 0 Å². The number of pyridine rings is 1. The van der Waals surface area contributed by atoms with Crippen molar-refractivity contribution in [2.45, 2.75) is 58.0 Å². The fourth-order valence-electron chi connectivity index (χ4n) is 5.17. The quantitative estimate of drug-likeness (QED) is 0.480.